The van der Waals surface area contributed by atoms with Crippen LogP contribution in [0.15, 0.2) is 24.3 Å². The number of hydrogen-bond donors (Lipinski definition) is 1. The average molecular weight is 259 g/mol. The van der Waals surface area contributed by atoms with Crippen molar-refractivity contribution < 1.29 is 0 Å². The minimum absolute atomic E-state index is 0.500. The molecule has 2 rings (SSSR count). The Morgan fingerprint density at radius 3 is 2.32 bits per heavy atom. The maximum Gasteiger partial charge on any atom is -0.00461 e. The topological polar surface area (TPSA) is 26.0 Å². The van der Waals surface area contributed by atoms with Crippen molar-refractivity contribution >= 4 is 0 Å². The Morgan fingerprint density at radius 1 is 1.11 bits per heavy atom. The molecule has 0 heterocycles. The van der Waals surface area contributed by atoms with Gasteiger partial charge in [0.1, 0.15) is 0 Å². The molecule has 19 heavy (non-hydrogen) atoms. The van der Waals surface area contributed by atoms with Gasteiger partial charge in [-0.1, -0.05) is 45.0 Å². The first-order valence-corrected chi connectivity index (χ1v) is 7.82. The minimum atomic E-state index is 0.500. The zero-order chi connectivity index (χ0) is 13.9. The van der Waals surface area contributed by atoms with Crippen LogP contribution in [0.3, 0.4) is 0 Å². The highest BCUT2D eigenvalue weighted by Gasteiger charge is 2.33. The predicted octanol–water partition coefficient (Wildman–Crippen LogP) is 4.19. The lowest BCUT2D eigenvalue weighted by Crippen LogP contribution is -2.35. The van der Waals surface area contributed by atoms with Gasteiger partial charge in [0.2, 0.25) is 0 Å². The molecule has 2 unspecified atom stereocenters. The molecule has 1 nitrogen and oxygen atoms in total. The van der Waals surface area contributed by atoms with Crippen molar-refractivity contribution in [1.29, 1.82) is 0 Å². The Morgan fingerprint density at radius 2 is 1.74 bits per heavy atom. The Balaban J connectivity index is 2.05. The summed E-state index contributed by atoms with van der Waals surface area (Å²) in [5.41, 5.74) is 9.40. The van der Waals surface area contributed by atoms with Crippen LogP contribution in [-0.4, -0.2) is 6.54 Å². The van der Waals surface area contributed by atoms with Crippen molar-refractivity contribution in [3.8, 4) is 0 Å². The van der Waals surface area contributed by atoms with Crippen molar-refractivity contribution in [2.75, 3.05) is 6.54 Å². The fourth-order valence-electron chi connectivity index (χ4n) is 3.55. The van der Waals surface area contributed by atoms with Crippen LogP contribution in [0.4, 0.5) is 0 Å². The molecule has 2 N–H and O–H groups in total. The van der Waals surface area contributed by atoms with Crippen LogP contribution in [0.1, 0.15) is 51.2 Å². The van der Waals surface area contributed by atoms with Gasteiger partial charge >= 0.3 is 0 Å². The van der Waals surface area contributed by atoms with E-state index in [2.05, 4.69) is 45.0 Å². The molecule has 0 aliphatic heterocycles. The first kappa shape index (κ1) is 14.6. The Labute approximate surface area is 118 Å². The summed E-state index contributed by atoms with van der Waals surface area (Å²) in [5.74, 6) is 1.49. The van der Waals surface area contributed by atoms with Gasteiger partial charge in [-0.15, -0.1) is 0 Å². The molecule has 1 saturated carbocycles. The zero-order valence-corrected chi connectivity index (χ0v) is 12.8. The van der Waals surface area contributed by atoms with E-state index in [1.165, 1.54) is 36.8 Å². The third-order valence-corrected chi connectivity index (χ3v) is 4.91. The van der Waals surface area contributed by atoms with Crippen molar-refractivity contribution in [3.05, 3.63) is 35.4 Å². The average Bonchev–Trinajstić information content (AvgIpc) is 2.39. The van der Waals surface area contributed by atoms with E-state index in [0.717, 1.165) is 24.8 Å². The van der Waals surface area contributed by atoms with Gasteiger partial charge in [0.05, 0.1) is 0 Å². The number of nitrogens with two attached hydrogens (primary N) is 1. The number of hydrogen-bond acceptors (Lipinski definition) is 1. The number of rotatable bonds is 4. The second-order valence-electron chi connectivity index (χ2n) is 7.04. The van der Waals surface area contributed by atoms with E-state index < -0.39 is 0 Å². The molecule has 1 heteroatoms. The molecule has 0 aromatic heterocycles. The van der Waals surface area contributed by atoms with E-state index in [9.17, 15) is 0 Å². The van der Waals surface area contributed by atoms with Gasteiger partial charge in [0.25, 0.3) is 0 Å². The molecule has 1 fully saturated rings. The van der Waals surface area contributed by atoms with Gasteiger partial charge in [-0.2, -0.15) is 0 Å². The van der Waals surface area contributed by atoms with E-state index in [0.29, 0.717) is 5.41 Å². The molecular weight excluding hydrogens is 230 g/mol. The van der Waals surface area contributed by atoms with Gasteiger partial charge in [-0.3, -0.25) is 0 Å². The third-order valence-electron chi connectivity index (χ3n) is 4.91. The summed E-state index contributed by atoms with van der Waals surface area (Å²) in [6.45, 7) is 7.89. The molecule has 106 valence electrons. The molecule has 1 aliphatic carbocycles. The zero-order valence-electron chi connectivity index (χ0n) is 12.8. The lowest BCUT2D eigenvalue weighted by molar-refractivity contribution is 0.121. The Hall–Kier alpha value is -0.820. The number of benzene rings is 1. The van der Waals surface area contributed by atoms with E-state index in [4.69, 9.17) is 5.73 Å². The van der Waals surface area contributed by atoms with Crippen molar-refractivity contribution in [3.63, 3.8) is 0 Å². The Bertz CT molecular complexity index is 391. The predicted molar refractivity (Wildman–Crippen MR) is 83.2 cm³/mol. The molecule has 1 aromatic rings. The smallest absolute Gasteiger partial charge is 0.00461 e. The van der Waals surface area contributed by atoms with Crippen LogP contribution in [0.25, 0.3) is 0 Å². The first-order valence-electron chi connectivity index (χ1n) is 7.82. The van der Waals surface area contributed by atoms with Crippen LogP contribution < -0.4 is 5.73 Å². The van der Waals surface area contributed by atoms with E-state index >= 15 is 0 Å². The molecular formula is C18H29N. The molecule has 0 spiro atoms. The first-order chi connectivity index (χ1) is 9.04. The second-order valence-corrected chi connectivity index (χ2v) is 7.04. The van der Waals surface area contributed by atoms with Gasteiger partial charge in [0, 0.05) is 0 Å². The normalized spacial score (nSPS) is 26.3. The summed E-state index contributed by atoms with van der Waals surface area (Å²) < 4.78 is 0. The molecule has 0 bridgehead atoms. The van der Waals surface area contributed by atoms with Gasteiger partial charge < -0.3 is 5.73 Å². The SMILES string of the molecule is CCc1ccc(CC2CC(C)(C)CCC2CN)cc1. The molecule has 0 radical (unpaired) electrons. The summed E-state index contributed by atoms with van der Waals surface area (Å²) in [4.78, 5) is 0. The van der Waals surface area contributed by atoms with Crippen LogP contribution in [-0.2, 0) is 12.8 Å². The van der Waals surface area contributed by atoms with E-state index in [1.807, 2.05) is 0 Å². The standard InChI is InChI=1S/C18H29N/c1-4-14-5-7-15(8-6-14)11-17-12-18(2,3)10-9-16(17)13-19/h5-8,16-17H,4,9-13,19H2,1-3H3. The van der Waals surface area contributed by atoms with Crippen LogP contribution >= 0.6 is 0 Å². The minimum Gasteiger partial charge on any atom is -0.330 e. The summed E-state index contributed by atoms with van der Waals surface area (Å²) >= 11 is 0. The fraction of sp³-hybridized carbons (Fsp3) is 0.667. The monoisotopic (exact) mass is 259 g/mol. The van der Waals surface area contributed by atoms with E-state index in [-0.39, 0.29) is 0 Å². The molecule has 2 atom stereocenters. The Kier molecular flexibility index (Phi) is 4.67. The number of aryl methyl sites for hydroxylation is 1. The summed E-state index contributed by atoms with van der Waals surface area (Å²) in [5, 5.41) is 0. The summed E-state index contributed by atoms with van der Waals surface area (Å²) in [6, 6.07) is 9.18. The van der Waals surface area contributed by atoms with Crippen molar-refractivity contribution in [1.82, 2.24) is 0 Å². The molecule has 0 amide bonds. The van der Waals surface area contributed by atoms with Crippen LogP contribution in [0.5, 0.6) is 0 Å². The van der Waals surface area contributed by atoms with Gasteiger partial charge in [0.15, 0.2) is 0 Å². The van der Waals surface area contributed by atoms with Crippen LogP contribution in [0.2, 0.25) is 0 Å². The lowest BCUT2D eigenvalue weighted by Gasteiger charge is -2.40. The van der Waals surface area contributed by atoms with Crippen molar-refractivity contribution in [2.24, 2.45) is 23.0 Å². The van der Waals surface area contributed by atoms with Crippen molar-refractivity contribution in [2.45, 2.75) is 52.9 Å². The highest BCUT2D eigenvalue weighted by Crippen LogP contribution is 2.42. The molecule has 1 aromatic carbocycles. The molecule has 0 saturated heterocycles. The quantitative estimate of drug-likeness (QED) is 0.862. The fourth-order valence-corrected chi connectivity index (χ4v) is 3.55. The second kappa shape index (κ2) is 6.09. The maximum absolute atomic E-state index is 5.98. The largest absolute Gasteiger partial charge is 0.330 e. The highest BCUT2D eigenvalue weighted by molar-refractivity contribution is 5.23. The van der Waals surface area contributed by atoms with Gasteiger partial charge in [-0.05, 0) is 67.0 Å². The van der Waals surface area contributed by atoms with Gasteiger partial charge in [-0.25, -0.2) is 0 Å². The maximum atomic E-state index is 5.98. The summed E-state index contributed by atoms with van der Waals surface area (Å²) in [7, 11) is 0. The van der Waals surface area contributed by atoms with E-state index in [1.54, 1.807) is 0 Å². The lowest BCUT2D eigenvalue weighted by atomic mass is 9.65. The summed E-state index contributed by atoms with van der Waals surface area (Å²) in [6.07, 6.45) is 6.29. The highest BCUT2D eigenvalue weighted by atomic mass is 14.6. The van der Waals surface area contributed by atoms with Crippen LogP contribution in [0, 0.1) is 17.3 Å². The molecule has 1 aliphatic rings. The third kappa shape index (κ3) is 3.82.